The molecule has 0 saturated heterocycles. The van der Waals surface area contributed by atoms with Gasteiger partial charge in [0, 0.05) is 19.3 Å². The van der Waals surface area contributed by atoms with Crippen LogP contribution in [0.2, 0.25) is 0 Å². The Bertz CT molecular complexity index is 1370. The van der Waals surface area contributed by atoms with Crippen LogP contribution in [0.15, 0.2) is 109 Å². The van der Waals surface area contributed by atoms with Gasteiger partial charge in [-0.15, -0.1) is 0 Å². The van der Waals surface area contributed by atoms with E-state index in [1.165, 1.54) is 96.3 Å². The van der Waals surface area contributed by atoms with Gasteiger partial charge in [0.15, 0.2) is 6.10 Å². The van der Waals surface area contributed by atoms with Gasteiger partial charge in [0.25, 0.3) is 0 Å². The van der Waals surface area contributed by atoms with Crippen LogP contribution in [0.25, 0.3) is 0 Å². The van der Waals surface area contributed by atoms with Crippen LogP contribution in [0.4, 0.5) is 0 Å². The van der Waals surface area contributed by atoms with Gasteiger partial charge in [-0.2, -0.15) is 0 Å². The van der Waals surface area contributed by atoms with Crippen molar-refractivity contribution in [3.63, 3.8) is 0 Å². The van der Waals surface area contributed by atoms with Crippen molar-refractivity contribution in [3.05, 3.63) is 109 Å². The number of carbonyl (C=O) groups is 3. The Morgan fingerprint density at radius 2 is 0.652 bits per heavy atom. The maximum Gasteiger partial charge on any atom is 0.306 e. The number of carbonyl (C=O) groups excluding carboxylic acids is 3. The first-order valence-electron chi connectivity index (χ1n) is 26.9. The highest BCUT2D eigenvalue weighted by molar-refractivity contribution is 5.71. The quantitative estimate of drug-likeness (QED) is 0.0199. The molecule has 0 aromatic heterocycles. The van der Waals surface area contributed by atoms with Crippen molar-refractivity contribution in [3.8, 4) is 0 Å². The molecular formula is C60H98O6. The number of rotatable bonds is 47. The third-order valence-electron chi connectivity index (χ3n) is 11.0. The second-order valence-corrected chi connectivity index (χ2v) is 17.5. The number of esters is 3. The SMILES string of the molecule is CCCCC/C=C/C/C=C/C/C=C/C/C=C/CCCC(=O)OC(COC(=O)CC/C=C/C/C=C/CCCCCCCC)COC(=O)CCCCCCC/C=C/C=C/C=C/CCCCCCC. The Hall–Kier alpha value is -3.93. The maximum absolute atomic E-state index is 12.8. The molecule has 0 spiro atoms. The van der Waals surface area contributed by atoms with Crippen molar-refractivity contribution in [1.29, 1.82) is 0 Å². The third-order valence-corrected chi connectivity index (χ3v) is 11.0. The predicted molar refractivity (Wildman–Crippen MR) is 283 cm³/mol. The van der Waals surface area contributed by atoms with Gasteiger partial charge in [-0.3, -0.25) is 14.4 Å². The van der Waals surface area contributed by atoms with Crippen molar-refractivity contribution >= 4 is 17.9 Å². The van der Waals surface area contributed by atoms with Gasteiger partial charge in [-0.1, -0.05) is 220 Å². The van der Waals surface area contributed by atoms with E-state index in [1.54, 1.807) is 0 Å². The lowest BCUT2D eigenvalue weighted by molar-refractivity contribution is -0.166. The second kappa shape index (κ2) is 53.7. The largest absolute Gasteiger partial charge is 0.462 e. The number of unbranched alkanes of at least 4 members (excludes halogenated alkanes) is 20. The fourth-order valence-electron chi connectivity index (χ4n) is 6.96. The van der Waals surface area contributed by atoms with Crippen LogP contribution in [0.5, 0.6) is 0 Å². The summed E-state index contributed by atoms with van der Waals surface area (Å²) in [6.07, 6.45) is 72.3. The Morgan fingerprint density at radius 1 is 0.318 bits per heavy atom. The van der Waals surface area contributed by atoms with Crippen molar-refractivity contribution in [1.82, 2.24) is 0 Å². The summed E-state index contributed by atoms with van der Waals surface area (Å²) in [5.41, 5.74) is 0. The molecule has 0 aromatic rings. The lowest BCUT2D eigenvalue weighted by Gasteiger charge is -2.18. The standard InChI is InChI=1S/C60H98O6/c1-4-7-10-13-16-19-22-25-27-29-31-32-35-38-41-44-47-50-53-59(62)65-56-57(55-64-58(61)52-49-46-43-40-37-34-24-21-18-15-12-9-6-3)66-60(63)54-51-48-45-42-39-36-33-30-28-26-23-20-17-14-11-8-5-2/h17,20,22,25-29,31-34,36-37,42-43,45-46,57H,4-16,18-19,21,23-24,30,35,38-41,44,47-56H2,1-3H3/b20-17+,25-22+,28-26+,29-27+,32-31+,36-33+,37-34+,45-42+,46-43+. The molecule has 1 atom stereocenters. The van der Waals surface area contributed by atoms with Crippen molar-refractivity contribution in [2.45, 2.75) is 239 Å². The van der Waals surface area contributed by atoms with E-state index < -0.39 is 6.10 Å². The zero-order valence-corrected chi connectivity index (χ0v) is 42.7. The van der Waals surface area contributed by atoms with Crippen LogP contribution in [0, 0.1) is 0 Å². The van der Waals surface area contributed by atoms with E-state index in [-0.39, 0.29) is 44.0 Å². The van der Waals surface area contributed by atoms with Crippen LogP contribution in [0.3, 0.4) is 0 Å². The highest BCUT2D eigenvalue weighted by Crippen LogP contribution is 2.12. The molecular weight excluding hydrogens is 817 g/mol. The van der Waals surface area contributed by atoms with Crippen LogP contribution in [-0.2, 0) is 28.6 Å². The van der Waals surface area contributed by atoms with Crippen molar-refractivity contribution in [2.24, 2.45) is 0 Å². The van der Waals surface area contributed by atoms with Gasteiger partial charge in [0.1, 0.15) is 13.2 Å². The third kappa shape index (κ3) is 51.1. The van der Waals surface area contributed by atoms with Gasteiger partial charge in [-0.05, 0) is 103 Å². The molecule has 0 amide bonds. The minimum atomic E-state index is -0.839. The fourth-order valence-corrected chi connectivity index (χ4v) is 6.96. The lowest BCUT2D eigenvalue weighted by Crippen LogP contribution is -2.30. The smallest absolute Gasteiger partial charge is 0.306 e. The highest BCUT2D eigenvalue weighted by Gasteiger charge is 2.19. The average molecular weight is 915 g/mol. The van der Waals surface area contributed by atoms with Gasteiger partial charge >= 0.3 is 17.9 Å². The molecule has 0 heterocycles. The summed E-state index contributed by atoms with van der Waals surface area (Å²) in [6, 6.07) is 0. The molecule has 374 valence electrons. The molecule has 0 fully saturated rings. The molecule has 0 bridgehead atoms. The Balaban J connectivity index is 4.58. The van der Waals surface area contributed by atoms with Crippen LogP contribution >= 0.6 is 0 Å². The summed E-state index contributed by atoms with van der Waals surface area (Å²) in [7, 11) is 0. The van der Waals surface area contributed by atoms with Gasteiger partial charge in [0.05, 0.1) is 0 Å². The van der Waals surface area contributed by atoms with Crippen LogP contribution < -0.4 is 0 Å². The van der Waals surface area contributed by atoms with E-state index in [2.05, 4.69) is 124 Å². The molecule has 0 radical (unpaired) electrons. The van der Waals surface area contributed by atoms with Crippen molar-refractivity contribution < 1.29 is 28.6 Å². The van der Waals surface area contributed by atoms with Crippen molar-refractivity contribution in [2.75, 3.05) is 13.2 Å². The van der Waals surface area contributed by atoms with Crippen LogP contribution in [0.1, 0.15) is 233 Å². The first-order valence-corrected chi connectivity index (χ1v) is 26.9. The van der Waals surface area contributed by atoms with Gasteiger partial charge in [0.2, 0.25) is 0 Å². The van der Waals surface area contributed by atoms with E-state index in [0.29, 0.717) is 19.3 Å². The van der Waals surface area contributed by atoms with E-state index >= 15 is 0 Å². The zero-order valence-electron chi connectivity index (χ0n) is 42.7. The monoisotopic (exact) mass is 915 g/mol. The topological polar surface area (TPSA) is 78.9 Å². The maximum atomic E-state index is 12.8. The first kappa shape index (κ1) is 62.1. The number of allylic oxidation sites excluding steroid dienone is 18. The summed E-state index contributed by atoms with van der Waals surface area (Å²) in [4.78, 5) is 38.0. The van der Waals surface area contributed by atoms with E-state index in [4.69, 9.17) is 14.2 Å². The summed E-state index contributed by atoms with van der Waals surface area (Å²) in [5.74, 6) is -1.08. The van der Waals surface area contributed by atoms with Crippen LogP contribution in [-0.4, -0.2) is 37.2 Å². The minimum Gasteiger partial charge on any atom is -0.462 e. The summed E-state index contributed by atoms with van der Waals surface area (Å²) >= 11 is 0. The minimum absolute atomic E-state index is 0.129. The molecule has 6 nitrogen and oxygen atoms in total. The van der Waals surface area contributed by atoms with E-state index in [1.807, 2.05) is 6.08 Å². The molecule has 0 saturated carbocycles. The zero-order chi connectivity index (χ0) is 47.9. The number of ether oxygens (including phenoxy) is 3. The van der Waals surface area contributed by atoms with E-state index in [9.17, 15) is 14.4 Å². The number of hydrogen-bond acceptors (Lipinski definition) is 6. The average Bonchev–Trinajstić information content (AvgIpc) is 3.31. The highest BCUT2D eigenvalue weighted by atomic mass is 16.6. The summed E-state index contributed by atoms with van der Waals surface area (Å²) in [6.45, 7) is 6.46. The first-order chi connectivity index (χ1) is 32.5. The summed E-state index contributed by atoms with van der Waals surface area (Å²) < 4.78 is 16.7. The predicted octanol–water partition coefficient (Wildman–Crippen LogP) is 17.9. The number of hydrogen-bond donors (Lipinski definition) is 0. The molecule has 66 heavy (non-hydrogen) atoms. The summed E-state index contributed by atoms with van der Waals surface area (Å²) in [5, 5.41) is 0. The van der Waals surface area contributed by atoms with Gasteiger partial charge in [-0.25, -0.2) is 0 Å². The molecule has 6 heteroatoms. The fraction of sp³-hybridized carbons (Fsp3) is 0.650. The molecule has 0 aromatic carbocycles. The Morgan fingerprint density at radius 3 is 1.14 bits per heavy atom. The Labute approximate surface area is 406 Å². The second-order valence-electron chi connectivity index (χ2n) is 17.5. The molecule has 0 aliphatic carbocycles. The van der Waals surface area contributed by atoms with E-state index in [0.717, 1.165) is 83.5 Å². The molecule has 0 aliphatic heterocycles. The molecule has 1 unspecified atom stereocenters. The Kier molecular flexibility index (Phi) is 50.5. The molecule has 0 N–H and O–H groups in total. The molecule has 0 aliphatic rings. The normalized spacial score (nSPS) is 13.0. The van der Waals surface area contributed by atoms with Gasteiger partial charge < -0.3 is 14.2 Å². The molecule has 0 rings (SSSR count). The lowest BCUT2D eigenvalue weighted by atomic mass is 10.1.